The number of hydrazone groups is 1. The highest BCUT2D eigenvalue weighted by atomic mass is 35.5. The molecule has 0 radical (unpaired) electrons. The van der Waals surface area contributed by atoms with Crippen molar-refractivity contribution in [2.45, 2.75) is 0 Å². The van der Waals surface area contributed by atoms with E-state index in [4.69, 9.17) is 16.7 Å². The molecule has 0 saturated heterocycles. The van der Waals surface area contributed by atoms with Gasteiger partial charge in [-0.3, -0.25) is 4.79 Å². The number of amides is 2. The molecule has 116 valence electrons. The molecule has 2 N–H and O–H groups in total. The van der Waals surface area contributed by atoms with Crippen LogP contribution in [-0.2, 0) is 4.79 Å². The van der Waals surface area contributed by atoms with E-state index < -0.39 is 18.5 Å². The fraction of sp³-hybridized carbons (Fsp3) is 0.0625. The maximum absolute atomic E-state index is 12.2. The van der Waals surface area contributed by atoms with Crippen molar-refractivity contribution in [2.24, 2.45) is 5.10 Å². The second-order valence-electron chi connectivity index (χ2n) is 4.89. The summed E-state index contributed by atoms with van der Waals surface area (Å²) in [5.41, 5.74) is 2.38. The molecule has 23 heavy (non-hydrogen) atoms. The van der Waals surface area contributed by atoms with Crippen LogP contribution in [0.1, 0.15) is 11.1 Å². The zero-order valence-electron chi connectivity index (χ0n) is 11.9. The van der Waals surface area contributed by atoms with Gasteiger partial charge in [-0.05, 0) is 18.2 Å². The minimum Gasteiger partial charge on any atom is -0.480 e. The summed E-state index contributed by atoms with van der Waals surface area (Å²) >= 11 is 6.06. The van der Waals surface area contributed by atoms with Crippen molar-refractivity contribution in [3.63, 3.8) is 0 Å². The highest BCUT2D eigenvalue weighted by Crippen LogP contribution is 2.27. The molecule has 0 bridgehead atoms. The Morgan fingerprint density at radius 1 is 1.22 bits per heavy atom. The number of nitrogens with zero attached hydrogens (tertiary/aromatic N) is 2. The van der Waals surface area contributed by atoms with Gasteiger partial charge in [0, 0.05) is 16.1 Å². The Kier molecular flexibility index (Phi) is 3.99. The molecule has 2 amide bonds. The summed E-state index contributed by atoms with van der Waals surface area (Å²) < 4.78 is 0. The Labute approximate surface area is 137 Å². The summed E-state index contributed by atoms with van der Waals surface area (Å²) in [6.07, 6.45) is 0. The molecule has 2 aromatic carbocycles. The lowest BCUT2D eigenvalue weighted by Crippen LogP contribution is -2.34. The number of hydrogen-bond donors (Lipinski definition) is 2. The Bertz CT molecular complexity index is 805. The number of halogens is 1. The van der Waals surface area contributed by atoms with Crippen LogP contribution in [0.4, 0.5) is 10.5 Å². The summed E-state index contributed by atoms with van der Waals surface area (Å²) in [7, 11) is 0. The average Bonchev–Trinajstić information content (AvgIpc) is 2.65. The maximum Gasteiger partial charge on any atom is 0.342 e. The van der Waals surface area contributed by atoms with E-state index >= 15 is 0 Å². The first kappa shape index (κ1) is 15.1. The van der Waals surface area contributed by atoms with E-state index in [1.807, 2.05) is 30.3 Å². The molecule has 2 aromatic rings. The van der Waals surface area contributed by atoms with Crippen LogP contribution in [0.25, 0.3) is 0 Å². The van der Waals surface area contributed by atoms with Crippen LogP contribution in [0.5, 0.6) is 0 Å². The molecule has 0 spiro atoms. The number of nitrogens with one attached hydrogen (secondary N) is 1. The number of carbonyl (C=O) groups is 2. The van der Waals surface area contributed by atoms with Crippen molar-refractivity contribution in [3.8, 4) is 0 Å². The molecule has 0 saturated carbocycles. The fourth-order valence-corrected chi connectivity index (χ4v) is 2.44. The van der Waals surface area contributed by atoms with E-state index in [0.717, 1.165) is 10.6 Å². The number of aliphatic carboxylic acids is 1. The van der Waals surface area contributed by atoms with E-state index in [1.54, 1.807) is 18.2 Å². The molecular weight excluding hydrogens is 318 g/mol. The summed E-state index contributed by atoms with van der Waals surface area (Å²) in [6.45, 7) is -0.538. The van der Waals surface area contributed by atoms with Gasteiger partial charge in [-0.25, -0.2) is 9.80 Å². The first-order valence-corrected chi connectivity index (χ1v) is 7.16. The molecule has 0 fully saturated rings. The lowest BCUT2D eigenvalue weighted by molar-refractivity contribution is -0.137. The first-order valence-electron chi connectivity index (χ1n) is 6.79. The van der Waals surface area contributed by atoms with Gasteiger partial charge in [0.05, 0.1) is 5.69 Å². The van der Waals surface area contributed by atoms with E-state index in [0.29, 0.717) is 22.0 Å². The topological polar surface area (TPSA) is 82.0 Å². The van der Waals surface area contributed by atoms with Crippen LogP contribution in [-0.4, -0.2) is 34.4 Å². The third-order valence-electron chi connectivity index (χ3n) is 3.27. The zero-order chi connectivity index (χ0) is 16.4. The molecule has 0 aromatic heterocycles. The number of carbonyl (C=O) groups excluding carboxylic acids is 1. The Morgan fingerprint density at radius 3 is 2.65 bits per heavy atom. The number of carboxylic acids is 1. The molecule has 3 rings (SSSR count). The Hall–Kier alpha value is -2.86. The predicted octanol–water partition coefficient (Wildman–Crippen LogP) is 3.02. The number of carboxylic acid groups (broad SMARTS) is 1. The molecule has 6 nitrogen and oxygen atoms in total. The van der Waals surface area contributed by atoms with Crippen molar-refractivity contribution in [1.29, 1.82) is 0 Å². The highest BCUT2D eigenvalue weighted by molar-refractivity contribution is 6.31. The number of hydrogen-bond acceptors (Lipinski definition) is 3. The third kappa shape index (κ3) is 3.17. The third-order valence-corrected chi connectivity index (χ3v) is 3.50. The predicted molar refractivity (Wildman–Crippen MR) is 86.9 cm³/mol. The van der Waals surface area contributed by atoms with Gasteiger partial charge in [-0.2, -0.15) is 5.10 Å². The van der Waals surface area contributed by atoms with Crippen molar-refractivity contribution in [3.05, 3.63) is 64.7 Å². The Balaban J connectivity index is 2.18. The number of fused-ring (bicyclic) bond motifs is 1. The maximum atomic E-state index is 12.2. The van der Waals surface area contributed by atoms with Gasteiger partial charge in [0.25, 0.3) is 0 Å². The molecule has 1 heterocycles. The number of urea groups is 1. The van der Waals surface area contributed by atoms with Crippen LogP contribution in [0, 0.1) is 0 Å². The first-order chi connectivity index (χ1) is 11.0. The van der Waals surface area contributed by atoms with Crippen LogP contribution in [0.2, 0.25) is 5.02 Å². The zero-order valence-corrected chi connectivity index (χ0v) is 12.6. The van der Waals surface area contributed by atoms with E-state index in [1.165, 1.54) is 0 Å². The fourth-order valence-electron chi connectivity index (χ4n) is 2.27. The molecule has 0 atom stereocenters. The van der Waals surface area contributed by atoms with Gasteiger partial charge >= 0.3 is 12.0 Å². The minimum atomic E-state index is -1.15. The molecule has 0 unspecified atom stereocenters. The smallest absolute Gasteiger partial charge is 0.342 e. The van der Waals surface area contributed by atoms with Gasteiger partial charge in [-0.15, -0.1) is 0 Å². The van der Waals surface area contributed by atoms with E-state index in [-0.39, 0.29) is 0 Å². The van der Waals surface area contributed by atoms with Gasteiger partial charge < -0.3 is 10.4 Å². The van der Waals surface area contributed by atoms with E-state index in [2.05, 4.69) is 10.4 Å². The average molecular weight is 330 g/mol. The highest BCUT2D eigenvalue weighted by Gasteiger charge is 2.25. The van der Waals surface area contributed by atoms with Crippen LogP contribution < -0.4 is 5.32 Å². The summed E-state index contributed by atoms with van der Waals surface area (Å²) in [4.78, 5) is 23.2. The van der Waals surface area contributed by atoms with Crippen molar-refractivity contribution in [2.75, 3.05) is 11.9 Å². The van der Waals surface area contributed by atoms with Gasteiger partial charge in [-0.1, -0.05) is 41.9 Å². The standard InChI is InChI=1S/C16H12ClN3O3/c17-11-6-7-13-12(8-11)15(10-4-2-1-3-5-10)19-20(9-14(21)22)16(23)18-13/h1-8H,9H2,(H,18,23)(H,21,22). The largest absolute Gasteiger partial charge is 0.480 e. The van der Waals surface area contributed by atoms with Crippen molar-refractivity contribution in [1.82, 2.24) is 5.01 Å². The normalized spacial score (nSPS) is 13.7. The van der Waals surface area contributed by atoms with Gasteiger partial charge in [0.2, 0.25) is 0 Å². The SMILES string of the molecule is O=C(O)CN1N=C(c2ccccc2)c2cc(Cl)ccc2NC1=O. The second-order valence-corrected chi connectivity index (χ2v) is 5.32. The molecular formula is C16H12ClN3O3. The Morgan fingerprint density at radius 2 is 1.96 bits per heavy atom. The van der Waals surface area contributed by atoms with Crippen molar-refractivity contribution >= 4 is 35.0 Å². The van der Waals surface area contributed by atoms with Gasteiger partial charge in [0.1, 0.15) is 12.3 Å². The molecule has 7 heteroatoms. The number of anilines is 1. The summed E-state index contributed by atoms with van der Waals surface area (Å²) in [5.74, 6) is -1.15. The lowest BCUT2D eigenvalue weighted by atomic mass is 10.0. The van der Waals surface area contributed by atoms with Crippen LogP contribution in [0.15, 0.2) is 53.6 Å². The lowest BCUT2D eigenvalue weighted by Gasteiger charge is -2.13. The number of rotatable bonds is 3. The minimum absolute atomic E-state index is 0.475. The summed E-state index contributed by atoms with van der Waals surface area (Å²) in [6, 6.07) is 13.6. The van der Waals surface area contributed by atoms with Crippen LogP contribution in [0.3, 0.4) is 0 Å². The monoisotopic (exact) mass is 329 g/mol. The van der Waals surface area contributed by atoms with Crippen LogP contribution >= 0.6 is 11.6 Å². The summed E-state index contributed by atoms with van der Waals surface area (Å²) in [5, 5.41) is 17.3. The quantitative estimate of drug-likeness (QED) is 0.908. The van der Waals surface area contributed by atoms with Gasteiger partial charge in [0.15, 0.2) is 0 Å². The number of benzene rings is 2. The second kappa shape index (κ2) is 6.10. The van der Waals surface area contributed by atoms with E-state index in [9.17, 15) is 9.59 Å². The molecule has 1 aliphatic heterocycles. The molecule has 1 aliphatic rings. The van der Waals surface area contributed by atoms with Crippen molar-refractivity contribution < 1.29 is 14.7 Å². The molecule has 0 aliphatic carbocycles.